The van der Waals surface area contributed by atoms with Crippen LogP contribution >= 0.6 is 0 Å². The number of rotatable bonds is 17. The lowest BCUT2D eigenvalue weighted by Crippen LogP contribution is -2.10. The predicted molar refractivity (Wildman–Crippen MR) is 112 cm³/mol. The van der Waals surface area contributed by atoms with Gasteiger partial charge in [0.05, 0.1) is 0 Å². The topological polar surface area (TPSA) is 66.4 Å². The molecule has 27 heavy (non-hydrogen) atoms. The number of nitrogens with one attached hydrogen (secondary N) is 1. The van der Waals surface area contributed by atoms with Crippen molar-refractivity contribution in [2.24, 2.45) is 0 Å². The van der Waals surface area contributed by atoms with Crippen LogP contribution in [0.5, 0.6) is 0 Å². The number of carboxylic acids is 1. The maximum Gasteiger partial charge on any atom is 0.303 e. The fourth-order valence-corrected chi connectivity index (χ4v) is 3.25. The van der Waals surface area contributed by atoms with Gasteiger partial charge in [-0.1, -0.05) is 88.8 Å². The molecule has 1 rings (SSSR count). The highest BCUT2D eigenvalue weighted by molar-refractivity contribution is 5.90. The van der Waals surface area contributed by atoms with Gasteiger partial charge in [-0.3, -0.25) is 9.59 Å². The number of carbonyl (C=O) groups is 2. The molecule has 0 spiro atoms. The van der Waals surface area contributed by atoms with Crippen molar-refractivity contribution < 1.29 is 14.7 Å². The van der Waals surface area contributed by atoms with Crippen LogP contribution in [0.25, 0.3) is 0 Å². The van der Waals surface area contributed by atoms with E-state index >= 15 is 0 Å². The van der Waals surface area contributed by atoms with Crippen molar-refractivity contribution in [1.82, 2.24) is 0 Å². The van der Waals surface area contributed by atoms with Crippen LogP contribution < -0.4 is 5.32 Å². The second kappa shape index (κ2) is 16.3. The van der Waals surface area contributed by atoms with Crippen LogP contribution in [0.1, 0.15) is 96.3 Å². The van der Waals surface area contributed by atoms with Gasteiger partial charge in [0, 0.05) is 18.5 Å². The van der Waals surface area contributed by atoms with Crippen LogP contribution in [0.4, 0.5) is 5.69 Å². The molecule has 4 heteroatoms. The average molecular weight is 376 g/mol. The molecule has 0 fully saturated rings. The number of carboxylic acid groups (broad SMARTS) is 1. The molecule has 1 amide bonds. The maximum absolute atomic E-state index is 11.8. The van der Waals surface area contributed by atoms with Crippen molar-refractivity contribution in [3.05, 3.63) is 30.3 Å². The van der Waals surface area contributed by atoms with E-state index in [2.05, 4.69) is 5.32 Å². The summed E-state index contributed by atoms with van der Waals surface area (Å²) < 4.78 is 0. The lowest BCUT2D eigenvalue weighted by atomic mass is 10.0. The quantitative estimate of drug-likeness (QED) is 0.303. The molecule has 0 aliphatic heterocycles. The van der Waals surface area contributed by atoms with Crippen LogP contribution in [0.2, 0.25) is 0 Å². The fraction of sp³-hybridized carbons (Fsp3) is 0.652. The lowest BCUT2D eigenvalue weighted by Gasteiger charge is -2.05. The van der Waals surface area contributed by atoms with Gasteiger partial charge in [-0.05, 0) is 25.0 Å². The summed E-state index contributed by atoms with van der Waals surface area (Å²) in [4.78, 5) is 22.2. The van der Waals surface area contributed by atoms with Crippen molar-refractivity contribution in [3.63, 3.8) is 0 Å². The van der Waals surface area contributed by atoms with Gasteiger partial charge < -0.3 is 10.4 Å². The van der Waals surface area contributed by atoms with Crippen LogP contribution in [-0.2, 0) is 9.59 Å². The Balaban J connectivity index is 1.78. The van der Waals surface area contributed by atoms with E-state index in [1.165, 1.54) is 57.8 Å². The van der Waals surface area contributed by atoms with Gasteiger partial charge in [0.25, 0.3) is 0 Å². The molecule has 0 saturated carbocycles. The van der Waals surface area contributed by atoms with Gasteiger partial charge in [0.2, 0.25) is 5.91 Å². The van der Waals surface area contributed by atoms with Gasteiger partial charge in [0.1, 0.15) is 0 Å². The molecule has 0 radical (unpaired) electrons. The van der Waals surface area contributed by atoms with E-state index in [1.807, 2.05) is 30.3 Å². The van der Waals surface area contributed by atoms with Crippen molar-refractivity contribution in [3.8, 4) is 0 Å². The average Bonchev–Trinajstić information content (AvgIpc) is 2.65. The summed E-state index contributed by atoms with van der Waals surface area (Å²) in [7, 11) is 0. The van der Waals surface area contributed by atoms with Crippen molar-refractivity contribution in [1.29, 1.82) is 0 Å². The van der Waals surface area contributed by atoms with E-state index in [0.29, 0.717) is 12.8 Å². The Labute approximate surface area is 164 Å². The minimum Gasteiger partial charge on any atom is -0.481 e. The molecule has 0 unspecified atom stereocenters. The third-order valence-electron chi connectivity index (χ3n) is 4.85. The zero-order valence-electron chi connectivity index (χ0n) is 16.8. The van der Waals surface area contributed by atoms with E-state index in [4.69, 9.17) is 5.11 Å². The summed E-state index contributed by atoms with van der Waals surface area (Å²) in [6.45, 7) is 0. The maximum atomic E-state index is 11.8. The van der Waals surface area contributed by atoms with Crippen LogP contribution in [-0.4, -0.2) is 17.0 Å². The lowest BCUT2D eigenvalue weighted by molar-refractivity contribution is -0.137. The second-order valence-corrected chi connectivity index (χ2v) is 7.40. The zero-order chi connectivity index (χ0) is 19.6. The highest BCUT2D eigenvalue weighted by Crippen LogP contribution is 2.14. The Kier molecular flexibility index (Phi) is 14.0. The zero-order valence-corrected chi connectivity index (χ0v) is 16.8. The van der Waals surface area contributed by atoms with Gasteiger partial charge in [-0.25, -0.2) is 0 Å². The summed E-state index contributed by atoms with van der Waals surface area (Å²) in [6.07, 6.45) is 16.3. The first-order chi connectivity index (χ1) is 13.2. The number of amides is 1. The molecule has 0 aliphatic carbocycles. The first kappa shape index (κ1) is 23.2. The molecule has 0 bridgehead atoms. The number of benzene rings is 1. The molecule has 0 heterocycles. The standard InChI is InChI=1S/C23H37NO3/c25-22(24-21-17-13-12-14-18-21)19-15-10-8-6-4-2-1-3-5-7-9-11-16-20-23(26)27/h12-14,17-18H,1-11,15-16,19-20H2,(H,24,25)(H,26,27). The molecule has 152 valence electrons. The predicted octanol–water partition coefficient (Wildman–Crippen LogP) is 6.56. The summed E-state index contributed by atoms with van der Waals surface area (Å²) in [6, 6.07) is 9.63. The SMILES string of the molecule is O=C(O)CCCCCCCCCCCCCCCC(=O)Nc1ccccc1. The summed E-state index contributed by atoms with van der Waals surface area (Å²) in [5.41, 5.74) is 0.878. The fourth-order valence-electron chi connectivity index (χ4n) is 3.25. The largest absolute Gasteiger partial charge is 0.481 e. The number of carbonyl (C=O) groups excluding carboxylic acids is 1. The Bertz CT molecular complexity index is 502. The molecule has 2 N–H and O–H groups in total. The van der Waals surface area contributed by atoms with Gasteiger partial charge >= 0.3 is 5.97 Å². The summed E-state index contributed by atoms with van der Waals surface area (Å²) in [5.74, 6) is -0.561. The van der Waals surface area contributed by atoms with E-state index < -0.39 is 5.97 Å². The number of para-hydroxylation sites is 1. The molecule has 0 atom stereocenters. The Morgan fingerprint density at radius 3 is 1.48 bits per heavy atom. The number of aliphatic carboxylic acids is 1. The minimum absolute atomic E-state index is 0.115. The number of unbranched alkanes of at least 4 members (excludes halogenated alkanes) is 12. The highest BCUT2D eigenvalue weighted by atomic mass is 16.4. The molecule has 4 nitrogen and oxygen atoms in total. The molecule has 0 aliphatic rings. The Hall–Kier alpha value is -1.84. The monoisotopic (exact) mass is 375 g/mol. The minimum atomic E-state index is -0.676. The number of hydrogen-bond acceptors (Lipinski definition) is 2. The molecule has 0 saturated heterocycles. The normalized spacial score (nSPS) is 10.7. The van der Waals surface area contributed by atoms with Gasteiger partial charge in [0.15, 0.2) is 0 Å². The third-order valence-corrected chi connectivity index (χ3v) is 4.85. The summed E-state index contributed by atoms with van der Waals surface area (Å²) >= 11 is 0. The third kappa shape index (κ3) is 15.0. The van der Waals surface area contributed by atoms with Crippen molar-refractivity contribution >= 4 is 17.6 Å². The molecule has 1 aromatic carbocycles. The molecular weight excluding hydrogens is 338 g/mol. The van der Waals surface area contributed by atoms with E-state index in [0.717, 1.165) is 31.4 Å². The van der Waals surface area contributed by atoms with Gasteiger partial charge in [-0.2, -0.15) is 0 Å². The highest BCUT2D eigenvalue weighted by Gasteiger charge is 2.01. The van der Waals surface area contributed by atoms with Crippen LogP contribution in [0.3, 0.4) is 0 Å². The first-order valence-electron chi connectivity index (χ1n) is 10.7. The molecular formula is C23H37NO3. The van der Waals surface area contributed by atoms with E-state index in [9.17, 15) is 9.59 Å². The number of anilines is 1. The van der Waals surface area contributed by atoms with Crippen molar-refractivity contribution in [2.45, 2.75) is 96.3 Å². The smallest absolute Gasteiger partial charge is 0.303 e. The summed E-state index contributed by atoms with van der Waals surface area (Å²) in [5, 5.41) is 11.5. The molecule has 1 aromatic rings. The van der Waals surface area contributed by atoms with E-state index in [1.54, 1.807) is 0 Å². The Morgan fingerprint density at radius 1 is 0.630 bits per heavy atom. The second-order valence-electron chi connectivity index (χ2n) is 7.40. The van der Waals surface area contributed by atoms with Gasteiger partial charge in [-0.15, -0.1) is 0 Å². The van der Waals surface area contributed by atoms with Crippen LogP contribution in [0.15, 0.2) is 30.3 Å². The first-order valence-corrected chi connectivity index (χ1v) is 10.7. The van der Waals surface area contributed by atoms with Crippen molar-refractivity contribution in [2.75, 3.05) is 5.32 Å². The van der Waals surface area contributed by atoms with Crippen LogP contribution in [0, 0.1) is 0 Å². The van der Waals surface area contributed by atoms with E-state index in [-0.39, 0.29) is 5.91 Å². The molecule has 0 aromatic heterocycles. The number of hydrogen-bond donors (Lipinski definition) is 2. The Morgan fingerprint density at radius 2 is 1.04 bits per heavy atom.